The summed E-state index contributed by atoms with van der Waals surface area (Å²) >= 11 is 0. The minimum Gasteiger partial charge on any atom is -0.315 e. The highest BCUT2D eigenvalue weighted by Crippen LogP contribution is 1.95. The van der Waals surface area contributed by atoms with Crippen LogP contribution in [0, 0.1) is 13.8 Å². The molecule has 0 amide bonds. The van der Waals surface area contributed by atoms with Gasteiger partial charge in [-0.3, -0.25) is 4.57 Å². The van der Waals surface area contributed by atoms with Crippen LogP contribution in [0.4, 0.5) is 0 Å². The molecule has 0 saturated heterocycles. The molecule has 0 atom stereocenters. The lowest BCUT2D eigenvalue weighted by molar-refractivity contribution is 0.562. The third kappa shape index (κ3) is 3.47. The van der Waals surface area contributed by atoms with E-state index in [9.17, 15) is 4.79 Å². The molecule has 0 saturated carbocycles. The molecule has 0 fully saturated rings. The van der Waals surface area contributed by atoms with Crippen LogP contribution in [0.3, 0.4) is 0 Å². The Kier molecular flexibility index (Phi) is 4.49. The van der Waals surface area contributed by atoms with Crippen LogP contribution < -0.4 is 11.0 Å². The lowest BCUT2D eigenvalue weighted by Crippen LogP contribution is -2.30. The molecule has 0 unspecified atom stereocenters. The van der Waals surface area contributed by atoms with Crippen LogP contribution in [0.5, 0.6) is 0 Å². The predicted octanol–water partition coefficient (Wildman–Crippen LogP) is 0.860. The van der Waals surface area contributed by atoms with Crippen molar-refractivity contribution in [1.29, 1.82) is 0 Å². The van der Waals surface area contributed by atoms with Gasteiger partial charge >= 0.3 is 5.69 Å². The van der Waals surface area contributed by atoms with E-state index < -0.39 is 0 Å². The topological polar surface area (TPSA) is 46.9 Å². The predicted molar refractivity (Wildman–Crippen MR) is 61.1 cm³/mol. The molecule has 1 aromatic rings. The lowest BCUT2D eigenvalue weighted by Gasteiger charge is -2.09. The molecule has 0 radical (unpaired) electrons. The quantitative estimate of drug-likeness (QED) is 0.732. The fraction of sp³-hybridized carbons (Fsp3) is 0.636. The standard InChI is InChI=1S/C11H19N3O/c1-4-5-12-6-7-14-10(3)8-9(2)13-11(14)15/h8,12H,4-7H2,1-3H3. The second-order valence-electron chi connectivity index (χ2n) is 3.72. The number of rotatable bonds is 5. The fourth-order valence-electron chi connectivity index (χ4n) is 1.54. The highest BCUT2D eigenvalue weighted by molar-refractivity contribution is 5.06. The summed E-state index contributed by atoms with van der Waals surface area (Å²) in [5.74, 6) is 0. The van der Waals surface area contributed by atoms with E-state index >= 15 is 0 Å². The van der Waals surface area contributed by atoms with Crippen molar-refractivity contribution < 1.29 is 0 Å². The minimum atomic E-state index is -0.147. The molecule has 0 bridgehead atoms. The Morgan fingerprint density at radius 3 is 2.73 bits per heavy atom. The molecule has 1 N–H and O–H groups in total. The van der Waals surface area contributed by atoms with E-state index in [1.54, 1.807) is 4.57 Å². The van der Waals surface area contributed by atoms with Crippen LogP contribution >= 0.6 is 0 Å². The SMILES string of the molecule is CCCNCCn1c(C)cc(C)nc1=O. The van der Waals surface area contributed by atoms with E-state index in [1.807, 2.05) is 19.9 Å². The second kappa shape index (κ2) is 5.66. The van der Waals surface area contributed by atoms with Gasteiger partial charge in [0.15, 0.2) is 0 Å². The molecule has 4 nitrogen and oxygen atoms in total. The number of aryl methyl sites for hydroxylation is 2. The molecule has 15 heavy (non-hydrogen) atoms. The van der Waals surface area contributed by atoms with Crippen molar-refractivity contribution in [3.05, 3.63) is 27.9 Å². The van der Waals surface area contributed by atoms with Gasteiger partial charge in [0.1, 0.15) is 0 Å². The van der Waals surface area contributed by atoms with Crippen molar-refractivity contribution in [3.8, 4) is 0 Å². The van der Waals surface area contributed by atoms with Crippen molar-refractivity contribution in [3.63, 3.8) is 0 Å². The van der Waals surface area contributed by atoms with Crippen LogP contribution in [0.25, 0.3) is 0 Å². The third-order valence-electron chi connectivity index (χ3n) is 2.29. The summed E-state index contributed by atoms with van der Waals surface area (Å²) in [5.41, 5.74) is 1.62. The van der Waals surface area contributed by atoms with Gasteiger partial charge in [-0.15, -0.1) is 0 Å². The number of aromatic nitrogens is 2. The average molecular weight is 209 g/mol. The van der Waals surface area contributed by atoms with Crippen molar-refractivity contribution >= 4 is 0 Å². The monoisotopic (exact) mass is 209 g/mol. The third-order valence-corrected chi connectivity index (χ3v) is 2.29. The molecule has 0 aliphatic rings. The molecule has 0 spiro atoms. The summed E-state index contributed by atoms with van der Waals surface area (Å²) in [7, 11) is 0. The molecule has 4 heteroatoms. The first-order valence-electron chi connectivity index (χ1n) is 5.41. The van der Waals surface area contributed by atoms with E-state index in [0.717, 1.165) is 30.9 Å². The summed E-state index contributed by atoms with van der Waals surface area (Å²) in [6.45, 7) is 8.41. The fourth-order valence-corrected chi connectivity index (χ4v) is 1.54. The molecular weight excluding hydrogens is 190 g/mol. The maximum atomic E-state index is 11.5. The largest absolute Gasteiger partial charge is 0.347 e. The normalized spacial score (nSPS) is 10.6. The maximum Gasteiger partial charge on any atom is 0.347 e. The summed E-state index contributed by atoms with van der Waals surface area (Å²) in [6, 6.07) is 1.93. The highest BCUT2D eigenvalue weighted by atomic mass is 16.1. The second-order valence-corrected chi connectivity index (χ2v) is 3.72. The van der Waals surface area contributed by atoms with Gasteiger partial charge in [-0.05, 0) is 32.9 Å². The van der Waals surface area contributed by atoms with Crippen molar-refractivity contribution in [2.24, 2.45) is 0 Å². The highest BCUT2D eigenvalue weighted by Gasteiger charge is 2.01. The Labute approximate surface area is 90.3 Å². The van der Waals surface area contributed by atoms with Gasteiger partial charge in [0, 0.05) is 24.5 Å². The zero-order valence-corrected chi connectivity index (χ0v) is 9.71. The Morgan fingerprint density at radius 2 is 2.13 bits per heavy atom. The van der Waals surface area contributed by atoms with E-state index in [-0.39, 0.29) is 5.69 Å². The molecule has 1 rings (SSSR count). The van der Waals surface area contributed by atoms with Crippen LogP contribution in [-0.4, -0.2) is 22.6 Å². The summed E-state index contributed by atoms with van der Waals surface area (Å²) in [4.78, 5) is 15.5. The lowest BCUT2D eigenvalue weighted by atomic mass is 10.3. The molecule has 0 aromatic carbocycles. The Morgan fingerprint density at radius 1 is 1.40 bits per heavy atom. The van der Waals surface area contributed by atoms with Gasteiger partial charge < -0.3 is 5.32 Å². The Hall–Kier alpha value is -1.16. The molecule has 0 aliphatic heterocycles. The summed E-state index contributed by atoms with van der Waals surface area (Å²) in [6.07, 6.45) is 1.11. The number of hydrogen-bond acceptors (Lipinski definition) is 3. The van der Waals surface area contributed by atoms with Gasteiger partial charge in [-0.2, -0.15) is 4.98 Å². The van der Waals surface area contributed by atoms with Crippen LogP contribution in [-0.2, 0) is 6.54 Å². The van der Waals surface area contributed by atoms with Crippen LogP contribution in [0.15, 0.2) is 10.9 Å². The van der Waals surface area contributed by atoms with Gasteiger partial charge in [0.05, 0.1) is 0 Å². The van der Waals surface area contributed by atoms with E-state index in [4.69, 9.17) is 0 Å². The van der Waals surface area contributed by atoms with E-state index in [1.165, 1.54) is 0 Å². The van der Waals surface area contributed by atoms with Gasteiger partial charge in [-0.1, -0.05) is 6.92 Å². The summed E-state index contributed by atoms with van der Waals surface area (Å²) in [5, 5.41) is 3.27. The maximum absolute atomic E-state index is 11.5. The molecule has 1 heterocycles. The van der Waals surface area contributed by atoms with E-state index in [2.05, 4.69) is 17.2 Å². The molecular formula is C11H19N3O. The smallest absolute Gasteiger partial charge is 0.315 e. The van der Waals surface area contributed by atoms with Crippen molar-refractivity contribution in [1.82, 2.24) is 14.9 Å². The number of hydrogen-bond donors (Lipinski definition) is 1. The van der Waals surface area contributed by atoms with Crippen LogP contribution in [0.1, 0.15) is 24.7 Å². The van der Waals surface area contributed by atoms with E-state index in [0.29, 0.717) is 6.54 Å². The zero-order chi connectivity index (χ0) is 11.3. The number of nitrogens with zero attached hydrogens (tertiary/aromatic N) is 2. The van der Waals surface area contributed by atoms with Gasteiger partial charge in [0.25, 0.3) is 0 Å². The minimum absolute atomic E-state index is 0.147. The first-order valence-corrected chi connectivity index (χ1v) is 5.41. The Bertz CT molecular complexity index is 371. The zero-order valence-electron chi connectivity index (χ0n) is 9.71. The Balaban J connectivity index is 2.65. The molecule has 84 valence electrons. The number of nitrogens with one attached hydrogen (secondary N) is 1. The van der Waals surface area contributed by atoms with Crippen molar-refractivity contribution in [2.75, 3.05) is 13.1 Å². The van der Waals surface area contributed by atoms with Gasteiger partial charge in [-0.25, -0.2) is 4.79 Å². The van der Waals surface area contributed by atoms with Gasteiger partial charge in [0.2, 0.25) is 0 Å². The van der Waals surface area contributed by atoms with Crippen molar-refractivity contribution in [2.45, 2.75) is 33.7 Å². The first kappa shape index (κ1) is 11.9. The molecule has 1 aromatic heterocycles. The first-order chi connectivity index (χ1) is 7.15. The summed E-state index contributed by atoms with van der Waals surface area (Å²) < 4.78 is 1.70. The van der Waals surface area contributed by atoms with Crippen LogP contribution in [0.2, 0.25) is 0 Å². The average Bonchev–Trinajstić information content (AvgIpc) is 2.15. The molecule has 0 aliphatic carbocycles.